The fourth-order valence-corrected chi connectivity index (χ4v) is 8.87. The van der Waals surface area contributed by atoms with Crippen LogP contribution in [0.3, 0.4) is 0 Å². The third-order valence-electron chi connectivity index (χ3n) is 10.0. The maximum Gasteiger partial charge on any atom is 0.147 e. The van der Waals surface area contributed by atoms with Gasteiger partial charge in [-0.05, 0) is 111 Å². The zero-order valence-electron chi connectivity index (χ0n) is 31.1. The fraction of sp³-hybridized carbons (Fsp3) is 0.152. The Bertz CT molecular complexity index is 2810. The number of thiophene rings is 1. The first kappa shape index (κ1) is 26.7. The van der Waals surface area contributed by atoms with E-state index in [0.29, 0.717) is 5.56 Å². The van der Waals surface area contributed by atoms with E-state index in [1.165, 1.54) is 43.4 Å². The average molecular weight is 654 g/mol. The molecule has 9 aromatic rings. The molecule has 0 N–H and O–H groups in total. The van der Waals surface area contributed by atoms with Crippen molar-refractivity contribution < 1.29 is 4.11 Å². The van der Waals surface area contributed by atoms with Crippen molar-refractivity contribution in [2.75, 3.05) is 0 Å². The van der Waals surface area contributed by atoms with Gasteiger partial charge in [-0.2, -0.15) is 0 Å². The summed E-state index contributed by atoms with van der Waals surface area (Å²) in [6.07, 6.45) is 0. The molecule has 238 valence electrons. The minimum Gasteiger partial charge on any atom is -0.292 e. The Kier molecular flexibility index (Phi) is 6.22. The Morgan fingerprint density at radius 2 is 1.31 bits per heavy atom. The summed E-state index contributed by atoms with van der Waals surface area (Å²) in [5, 5.41) is 6.10. The van der Waals surface area contributed by atoms with Crippen molar-refractivity contribution in [1.82, 2.24) is 9.55 Å². The topological polar surface area (TPSA) is 17.8 Å². The van der Waals surface area contributed by atoms with Crippen LogP contribution in [0, 0.1) is 6.85 Å². The molecule has 0 fully saturated rings. The highest BCUT2D eigenvalue weighted by atomic mass is 32.1. The van der Waals surface area contributed by atoms with E-state index < -0.39 is 6.85 Å². The molecule has 0 radical (unpaired) electrons. The zero-order chi connectivity index (χ0) is 35.9. The van der Waals surface area contributed by atoms with E-state index >= 15 is 0 Å². The predicted octanol–water partition coefficient (Wildman–Crippen LogP) is 13.6. The Morgan fingerprint density at radius 1 is 0.612 bits per heavy atom. The molecule has 0 unspecified atom stereocenters. The van der Waals surface area contributed by atoms with E-state index in [4.69, 9.17) is 9.10 Å². The third-order valence-corrected chi connectivity index (χ3v) is 11.2. The summed E-state index contributed by atoms with van der Waals surface area (Å²) in [7, 11) is 0. The van der Waals surface area contributed by atoms with Gasteiger partial charge in [0.15, 0.2) is 0 Å². The minimum atomic E-state index is -2.21. The lowest BCUT2D eigenvalue weighted by Crippen LogP contribution is -2.09. The number of para-hydroxylation sites is 2. The maximum absolute atomic E-state index is 8.31. The highest BCUT2D eigenvalue weighted by molar-refractivity contribution is 7.26. The first-order valence-electron chi connectivity index (χ1n) is 18.6. The highest BCUT2D eigenvalue weighted by Crippen LogP contribution is 2.45. The van der Waals surface area contributed by atoms with E-state index in [0.717, 1.165) is 48.7 Å². The summed E-state index contributed by atoms with van der Waals surface area (Å²) in [6.45, 7) is 6.94. The Hall–Kier alpha value is -5.25. The van der Waals surface area contributed by atoms with Crippen molar-refractivity contribution in [2.45, 2.75) is 46.4 Å². The van der Waals surface area contributed by atoms with Gasteiger partial charge in [-0.25, -0.2) is 4.98 Å². The number of hydrogen-bond donors (Lipinski definition) is 0. The van der Waals surface area contributed by atoms with E-state index in [1.807, 2.05) is 30.3 Å². The van der Waals surface area contributed by atoms with E-state index in [2.05, 4.69) is 129 Å². The smallest absolute Gasteiger partial charge is 0.147 e. The standard InChI is InChI=1S/C46H38N2S/c1-27(2)37-23-31(30-14-7-6-8-15-30)24-38(28(3)4)44(37)48-42-21-12-11-20-41(42)47-46(48)36-19-13-18-35-40-26-39-32(25-43(40)49-45(35)36)22-29(5)33-16-9-10-17-34(33)39/h6-28H,1-5H3/i5D3. The Balaban J connectivity index is 1.35. The van der Waals surface area contributed by atoms with Crippen LogP contribution in [-0.2, 0) is 0 Å². The predicted molar refractivity (Wildman–Crippen MR) is 213 cm³/mol. The van der Waals surface area contributed by atoms with Crippen LogP contribution in [0.5, 0.6) is 0 Å². The molecule has 2 heterocycles. The summed E-state index contributed by atoms with van der Waals surface area (Å²) >= 11 is 1.76. The number of benzene rings is 7. The van der Waals surface area contributed by atoms with Crippen molar-refractivity contribution in [2.24, 2.45) is 0 Å². The zero-order valence-corrected chi connectivity index (χ0v) is 28.9. The van der Waals surface area contributed by atoms with Gasteiger partial charge in [0.2, 0.25) is 0 Å². The molecular weight excluding hydrogens is 613 g/mol. The quantitative estimate of drug-likeness (QED) is 0.169. The SMILES string of the molecule is [2H]C([2H])([2H])c1cc2cc3sc4c(-c5nc6ccccc6n5-c5c(C(C)C)cc(-c6ccccc6)cc5C(C)C)cccc4c3cc2c2ccccc12. The largest absolute Gasteiger partial charge is 0.292 e. The molecule has 2 aromatic heterocycles. The molecule has 0 spiro atoms. The van der Waals surface area contributed by atoms with E-state index in [1.54, 1.807) is 11.3 Å². The van der Waals surface area contributed by atoms with Crippen molar-refractivity contribution in [3.8, 4) is 28.2 Å². The van der Waals surface area contributed by atoms with Gasteiger partial charge < -0.3 is 0 Å². The number of hydrogen-bond acceptors (Lipinski definition) is 2. The molecule has 0 saturated carbocycles. The number of aryl methyl sites for hydroxylation is 1. The molecule has 0 bridgehead atoms. The second-order valence-electron chi connectivity index (χ2n) is 13.8. The highest BCUT2D eigenvalue weighted by Gasteiger charge is 2.25. The van der Waals surface area contributed by atoms with Crippen molar-refractivity contribution in [3.63, 3.8) is 0 Å². The average Bonchev–Trinajstić information content (AvgIpc) is 3.71. The molecule has 7 aromatic carbocycles. The molecule has 0 amide bonds. The van der Waals surface area contributed by atoms with Gasteiger partial charge in [0.1, 0.15) is 5.82 Å². The summed E-state index contributed by atoms with van der Waals surface area (Å²) in [4.78, 5) is 5.40. The van der Waals surface area contributed by atoms with Crippen LogP contribution in [0.2, 0.25) is 0 Å². The van der Waals surface area contributed by atoms with Gasteiger partial charge in [-0.15, -0.1) is 11.3 Å². The van der Waals surface area contributed by atoms with Crippen molar-refractivity contribution in [1.29, 1.82) is 0 Å². The lowest BCUT2D eigenvalue weighted by molar-refractivity contribution is 0.812. The summed E-state index contributed by atoms with van der Waals surface area (Å²) < 4.78 is 29.6. The third kappa shape index (κ3) is 4.71. The lowest BCUT2D eigenvalue weighted by atomic mass is 9.88. The van der Waals surface area contributed by atoms with E-state index in [-0.39, 0.29) is 11.8 Å². The second-order valence-corrected chi connectivity index (χ2v) is 14.8. The normalized spacial score (nSPS) is 13.3. The summed E-state index contributed by atoms with van der Waals surface area (Å²) in [6, 6.07) is 44.7. The summed E-state index contributed by atoms with van der Waals surface area (Å²) in [5.41, 5.74) is 9.77. The van der Waals surface area contributed by atoms with Gasteiger partial charge >= 0.3 is 0 Å². The molecule has 0 aliphatic carbocycles. The van der Waals surface area contributed by atoms with Crippen LogP contribution in [0.15, 0.2) is 127 Å². The van der Waals surface area contributed by atoms with Crippen LogP contribution < -0.4 is 0 Å². The van der Waals surface area contributed by atoms with Crippen LogP contribution in [-0.4, -0.2) is 9.55 Å². The van der Waals surface area contributed by atoms with Crippen molar-refractivity contribution >= 4 is 64.1 Å². The molecule has 9 rings (SSSR count). The van der Waals surface area contributed by atoms with Crippen LogP contribution in [0.25, 0.3) is 81.0 Å². The first-order chi connectivity index (χ1) is 25.1. The molecule has 0 aliphatic rings. The van der Waals surface area contributed by atoms with Gasteiger partial charge in [-0.3, -0.25) is 4.57 Å². The lowest BCUT2D eigenvalue weighted by Gasteiger charge is -2.24. The van der Waals surface area contributed by atoms with Crippen molar-refractivity contribution in [3.05, 3.63) is 144 Å². The molecule has 0 aliphatic heterocycles. The van der Waals surface area contributed by atoms with Gasteiger partial charge in [0.05, 0.1) is 16.7 Å². The molecular formula is C46H38N2S. The molecule has 2 nitrogen and oxygen atoms in total. The number of aromatic nitrogens is 2. The summed E-state index contributed by atoms with van der Waals surface area (Å²) in [5.74, 6) is 1.47. The fourth-order valence-electron chi connectivity index (χ4n) is 7.62. The molecule has 0 atom stereocenters. The molecule has 49 heavy (non-hydrogen) atoms. The monoisotopic (exact) mass is 653 g/mol. The van der Waals surface area contributed by atoms with Crippen LogP contribution in [0.1, 0.15) is 60.3 Å². The Labute approximate surface area is 295 Å². The first-order valence-corrected chi connectivity index (χ1v) is 17.9. The Morgan fingerprint density at radius 3 is 2.06 bits per heavy atom. The van der Waals surface area contributed by atoms with Gasteiger partial charge in [0.25, 0.3) is 0 Å². The number of fused-ring (bicyclic) bond motifs is 7. The number of rotatable bonds is 5. The minimum absolute atomic E-state index is 0.271. The van der Waals surface area contributed by atoms with Gasteiger partial charge in [0, 0.05) is 29.8 Å². The maximum atomic E-state index is 8.31. The second kappa shape index (κ2) is 11.4. The van der Waals surface area contributed by atoms with Gasteiger partial charge in [-0.1, -0.05) is 113 Å². The molecule has 0 saturated heterocycles. The molecule has 3 heteroatoms. The van der Waals surface area contributed by atoms with E-state index in [9.17, 15) is 0 Å². The van der Waals surface area contributed by atoms with Crippen LogP contribution in [0.4, 0.5) is 0 Å². The van der Waals surface area contributed by atoms with Crippen LogP contribution >= 0.6 is 11.3 Å². The number of nitrogens with zero attached hydrogens (tertiary/aromatic N) is 2. The number of imidazole rings is 1.